The number of aromatic amines is 1. The summed E-state index contributed by atoms with van der Waals surface area (Å²) < 4.78 is 6.20. The first-order chi connectivity index (χ1) is 15.5. The van der Waals surface area contributed by atoms with Gasteiger partial charge >= 0.3 is 0 Å². The van der Waals surface area contributed by atoms with Gasteiger partial charge in [0.1, 0.15) is 11.9 Å². The van der Waals surface area contributed by atoms with Crippen molar-refractivity contribution in [3.05, 3.63) is 41.0 Å². The Balaban J connectivity index is 1.26. The molecule has 3 fully saturated rings. The van der Waals surface area contributed by atoms with E-state index >= 15 is 0 Å². The number of aliphatic hydroxyl groups is 1. The molecule has 1 amide bonds. The molecule has 172 valence electrons. The standard InChI is InChI=1S/C25H34N4O3/c1-15-8-9-22(16(2)27-15)32-23-11-19-14-29(13-18(19)10-21(23)30)25(31)20-12-26-28-24(20)17-6-4-3-5-7-17/h8-9,12,17-19,21,23,30H,3-7,10-11,13-14H2,1-2H3,(H,26,28)/t18-,19+,21+,23+/m0/s1. The van der Waals surface area contributed by atoms with Crippen molar-refractivity contribution in [3.8, 4) is 5.75 Å². The average molecular weight is 439 g/mol. The lowest BCUT2D eigenvalue weighted by atomic mass is 9.78. The number of pyridine rings is 1. The highest BCUT2D eigenvalue weighted by molar-refractivity contribution is 5.95. The van der Waals surface area contributed by atoms with E-state index in [4.69, 9.17) is 4.74 Å². The number of likely N-dealkylation sites (tertiary alicyclic amines) is 1. The van der Waals surface area contributed by atoms with Crippen molar-refractivity contribution < 1.29 is 14.6 Å². The molecule has 7 nitrogen and oxygen atoms in total. The molecule has 0 spiro atoms. The zero-order valence-electron chi connectivity index (χ0n) is 19.1. The monoisotopic (exact) mass is 438 g/mol. The van der Waals surface area contributed by atoms with Gasteiger partial charge in [0.25, 0.3) is 5.91 Å². The molecule has 0 radical (unpaired) electrons. The highest BCUT2D eigenvalue weighted by Gasteiger charge is 2.44. The molecular formula is C25H34N4O3. The molecule has 2 saturated carbocycles. The van der Waals surface area contributed by atoms with Crippen LogP contribution in [0.4, 0.5) is 0 Å². The summed E-state index contributed by atoms with van der Waals surface area (Å²) in [6.07, 6.45) is 8.33. The first-order valence-electron chi connectivity index (χ1n) is 12.1. The molecule has 32 heavy (non-hydrogen) atoms. The van der Waals surface area contributed by atoms with Gasteiger partial charge in [-0.1, -0.05) is 19.3 Å². The number of aliphatic hydroxyl groups excluding tert-OH is 1. The van der Waals surface area contributed by atoms with E-state index in [1.807, 2.05) is 30.9 Å². The van der Waals surface area contributed by atoms with E-state index in [1.54, 1.807) is 6.20 Å². The number of carbonyl (C=O) groups excluding carboxylic acids is 1. The summed E-state index contributed by atoms with van der Waals surface area (Å²) in [4.78, 5) is 19.9. The van der Waals surface area contributed by atoms with Gasteiger partial charge in [-0.15, -0.1) is 0 Å². The predicted octanol–water partition coefficient (Wildman–Crippen LogP) is 3.76. The van der Waals surface area contributed by atoms with Crippen molar-refractivity contribution in [2.24, 2.45) is 11.8 Å². The maximum Gasteiger partial charge on any atom is 0.257 e. The van der Waals surface area contributed by atoms with Gasteiger partial charge in [-0.25, -0.2) is 0 Å². The fourth-order valence-electron chi connectivity index (χ4n) is 5.98. The first kappa shape index (κ1) is 21.4. The maximum atomic E-state index is 13.4. The molecule has 4 atom stereocenters. The van der Waals surface area contributed by atoms with Crippen molar-refractivity contribution in [2.75, 3.05) is 13.1 Å². The number of aromatic nitrogens is 3. The van der Waals surface area contributed by atoms with Crippen LogP contribution >= 0.6 is 0 Å². The van der Waals surface area contributed by atoms with Crippen molar-refractivity contribution in [3.63, 3.8) is 0 Å². The van der Waals surface area contributed by atoms with Gasteiger partial charge in [-0.05, 0) is 63.5 Å². The number of ether oxygens (including phenoxy) is 1. The Morgan fingerprint density at radius 2 is 1.88 bits per heavy atom. The fourth-order valence-corrected chi connectivity index (χ4v) is 5.98. The topological polar surface area (TPSA) is 91.3 Å². The lowest BCUT2D eigenvalue weighted by Crippen LogP contribution is -2.42. The van der Waals surface area contributed by atoms with E-state index in [-0.39, 0.29) is 12.0 Å². The molecule has 2 aliphatic carbocycles. The minimum atomic E-state index is -0.529. The van der Waals surface area contributed by atoms with Gasteiger partial charge in [0.05, 0.1) is 29.3 Å². The van der Waals surface area contributed by atoms with Crippen LogP contribution in [0.25, 0.3) is 0 Å². The Bertz CT molecular complexity index is 968. The number of nitrogens with zero attached hydrogens (tertiary/aromatic N) is 3. The average Bonchev–Trinajstić information content (AvgIpc) is 3.43. The third-order valence-corrected chi connectivity index (χ3v) is 7.74. The molecule has 1 saturated heterocycles. The lowest BCUT2D eigenvalue weighted by Gasteiger charge is -2.35. The van der Waals surface area contributed by atoms with Crippen molar-refractivity contribution in [1.29, 1.82) is 0 Å². The minimum absolute atomic E-state index is 0.0826. The number of hydrogen-bond donors (Lipinski definition) is 2. The van der Waals surface area contributed by atoms with Crippen molar-refractivity contribution >= 4 is 5.91 Å². The summed E-state index contributed by atoms with van der Waals surface area (Å²) in [5, 5.41) is 18.1. The molecule has 3 heterocycles. The van der Waals surface area contributed by atoms with Crippen LogP contribution in [-0.2, 0) is 0 Å². The maximum absolute atomic E-state index is 13.4. The van der Waals surface area contributed by atoms with Gasteiger partial charge in [0, 0.05) is 24.7 Å². The van der Waals surface area contributed by atoms with Gasteiger partial charge in [0.15, 0.2) is 0 Å². The Morgan fingerprint density at radius 1 is 1.12 bits per heavy atom. The molecule has 0 unspecified atom stereocenters. The number of aryl methyl sites for hydroxylation is 2. The van der Waals surface area contributed by atoms with Crippen LogP contribution in [-0.4, -0.2) is 56.4 Å². The highest BCUT2D eigenvalue weighted by atomic mass is 16.5. The zero-order chi connectivity index (χ0) is 22.2. The summed E-state index contributed by atoms with van der Waals surface area (Å²) in [5.74, 6) is 1.90. The summed E-state index contributed by atoms with van der Waals surface area (Å²) in [5.41, 5.74) is 3.56. The lowest BCUT2D eigenvalue weighted by molar-refractivity contribution is -0.0236. The van der Waals surface area contributed by atoms with Crippen molar-refractivity contribution in [2.45, 2.75) is 76.9 Å². The van der Waals surface area contributed by atoms with E-state index in [0.717, 1.165) is 54.2 Å². The van der Waals surface area contributed by atoms with Crippen LogP contribution in [0.15, 0.2) is 18.3 Å². The Hall–Kier alpha value is -2.41. The van der Waals surface area contributed by atoms with Crippen LogP contribution in [0, 0.1) is 25.7 Å². The number of carbonyl (C=O) groups is 1. The number of amides is 1. The predicted molar refractivity (Wildman–Crippen MR) is 121 cm³/mol. The second-order valence-electron chi connectivity index (χ2n) is 9.99. The number of nitrogens with one attached hydrogen (secondary N) is 1. The normalized spacial score (nSPS) is 28.5. The van der Waals surface area contributed by atoms with Gasteiger partial charge in [-0.3, -0.25) is 14.9 Å². The summed E-state index contributed by atoms with van der Waals surface area (Å²) in [7, 11) is 0. The van der Waals surface area contributed by atoms with Gasteiger partial charge in [-0.2, -0.15) is 5.10 Å². The number of H-pyrrole nitrogens is 1. The fraction of sp³-hybridized carbons (Fsp3) is 0.640. The molecule has 2 N–H and O–H groups in total. The highest BCUT2D eigenvalue weighted by Crippen LogP contribution is 2.40. The Kier molecular flexibility index (Phi) is 5.93. The molecule has 3 aliphatic rings. The number of hydrogen-bond acceptors (Lipinski definition) is 5. The quantitative estimate of drug-likeness (QED) is 0.758. The van der Waals surface area contributed by atoms with E-state index in [1.165, 1.54) is 19.3 Å². The van der Waals surface area contributed by atoms with E-state index < -0.39 is 6.10 Å². The Morgan fingerprint density at radius 3 is 2.62 bits per heavy atom. The molecule has 5 rings (SSSR count). The SMILES string of the molecule is Cc1ccc(O[C@@H]2C[C@@H]3CN(C(=O)c4cn[nH]c4C4CCCCC4)C[C@@H]3C[C@H]2O)c(C)n1. The largest absolute Gasteiger partial charge is 0.486 e. The van der Waals surface area contributed by atoms with E-state index in [0.29, 0.717) is 30.7 Å². The van der Waals surface area contributed by atoms with Gasteiger partial charge < -0.3 is 14.7 Å². The van der Waals surface area contributed by atoms with Crippen LogP contribution in [0.5, 0.6) is 5.75 Å². The zero-order valence-corrected chi connectivity index (χ0v) is 19.1. The van der Waals surface area contributed by atoms with Crippen LogP contribution in [0.1, 0.15) is 78.3 Å². The molecule has 1 aliphatic heterocycles. The van der Waals surface area contributed by atoms with Gasteiger partial charge in [0.2, 0.25) is 0 Å². The minimum Gasteiger partial charge on any atom is -0.486 e. The second kappa shape index (κ2) is 8.85. The summed E-state index contributed by atoms with van der Waals surface area (Å²) in [6, 6.07) is 3.87. The third-order valence-electron chi connectivity index (χ3n) is 7.74. The molecule has 7 heteroatoms. The first-order valence-corrected chi connectivity index (χ1v) is 12.1. The second-order valence-corrected chi connectivity index (χ2v) is 9.99. The van der Waals surface area contributed by atoms with E-state index in [2.05, 4.69) is 15.2 Å². The molecule has 2 aromatic heterocycles. The third kappa shape index (κ3) is 4.15. The van der Waals surface area contributed by atoms with Crippen LogP contribution in [0.2, 0.25) is 0 Å². The molecule has 0 bridgehead atoms. The molecular weight excluding hydrogens is 404 g/mol. The summed E-state index contributed by atoms with van der Waals surface area (Å²) >= 11 is 0. The van der Waals surface area contributed by atoms with E-state index in [9.17, 15) is 9.90 Å². The molecule has 0 aromatic carbocycles. The number of fused-ring (bicyclic) bond motifs is 1. The molecule has 2 aromatic rings. The smallest absolute Gasteiger partial charge is 0.257 e. The number of rotatable bonds is 4. The van der Waals surface area contributed by atoms with Crippen LogP contribution in [0.3, 0.4) is 0 Å². The Labute approximate surface area is 189 Å². The van der Waals surface area contributed by atoms with Crippen molar-refractivity contribution in [1.82, 2.24) is 20.1 Å². The van der Waals surface area contributed by atoms with Crippen LogP contribution < -0.4 is 4.74 Å². The summed E-state index contributed by atoms with van der Waals surface area (Å²) in [6.45, 7) is 5.32.